The molecule has 2 nitrogen and oxygen atoms in total. The Morgan fingerprint density at radius 2 is 2.00 bits per heavy atom. The highest BCUT2D eigenvalue weighted by Crippen LogP contribution is 2.37. The van der Waals surface area contributed by atoms with Crippen LogP contribution in [0.5, 0.6) is 0 Å². The van der Waals surface area contributed by atoms with Crippen molar-refractivity contribution in [3.63, 3.8) is 0 Å². The summed E-state index contributed by atoms with van der Waals surface area (Å²) < 4.78 is 0. The maximum absolute atomic E-state index is 3.55. The summed E-state index contributed by atoms with van der Waals surface area (Å²) in [5, 5.41) is 3.55. The van der Waals surface area contributed by atoms with E-state index in [2.05, 4.69) is 36.2 Å². The molecule has 2 heterocycles. The van der Waals surface area contributed by atoms with E-state index < -0.39 is 0 Å². The molecule has 1 saturated carbocycles. The third-order valence-electron chi connectivity index (χ3n) is 5.04. The molecule has 0 spiro atoms. The predicted molar refractivity (Wildman–Crippen MR) is 91.6 cm³/mol. The molecule has 21 heavy (non-hydrogen) atoms. The van der Waals surface area contributed by atoms with E-state index in [1.807, 2.05) is 11.3 Å². The van der Waals surface area contributed by atoms with Crippen LogP contribution in [0.2, 0.25) is 0 Å². The zero-order valence-corrected chi connectivity index (χ0v) is 14.4. The lowest BCUT2D eigenvalue weighted by molar-refractivity contribution is 0.107. The van der Waals surface area contributed by atoms with Crippen molar-refractivity contribution in [2.24, 2.45) is 11.8 Å². The van der Waals surface area contributed by atoms with Crippen molar-refractivity contribution in [2.75, 3.05) is 13.1 Å². The smallest absolute Gasteiger partial charge is 0.0331 e. The van der Waals surface area contributed by atoms with E-state index in [1.54, 1.807) is 4.88 Å². The molecule has 1 aliphatic carbocycles. The topological polar surface area (TPSA) is 15.3 Å². The molecule has 2 fully saturated rings. The van der Waals surface area contributed by atoms with E-state index in [9.17, 15) is 0 Å². The number of hydrogen-bond acceptors (Lipinski definition) is 3. The third kappa shape index (κ3) is 4.08. The summed E-state index contributed by atoms with van der Waals surface area (Å²) in [5.41, 5.74) is 0. The monoisotopic (exact) mass is 306 g/mol. The fraction of sp³-hybridized carbons (Fsp3) is 0.778. The van der Waals surface area contributed by atoms with E-state index in [4.69, 9.17) is 0 Å². The highest BCUT2D eigenvalue weighted by atomic mass is 32.1. The molecule has 3 rings (SSSR count). The number of nitrogens with one attached hydrogen (secondary N) is 1. The van der Waals surface area contributed by atoms with Gasteiger partial charge < -0.3 is 5.32 Å². The molecule has 1 N–H and O–H groups in total. The van der Waals surface area contributed by atoms with Gasteiger partial charge in [-0.25, -0.2) is 0 Å². The number of fused-ring (bicyclic) bond motifs is 1. The molecule has 3 heteroatoms. The van der Waals surface area contributed by atoms with Crippen LogP contribution in [-0.2, 0) is 13.1 Å². The number of nitrogens with zero attached hydrogens (tertiary/aromatic N) is 1. The van der Waals surface area contributed by atoms with Crippen molar-refractivity contribution in [2.45, 2.75) is 65.1 Å². The van der Waals surface area contributed by atoms with Gasteiger partial charge in [-0.2, -0.15) is 0 Å². The van der Waals surface area contributed by atoms with Crippen molar-refractivity contribution in [3.05, 3.63) is 21.9 Å². The summed E-state index contributed by atoms with van der Waals surface area (Å²) in [6.07, 6.45) is 7.28. The van der Waals surface area contributed by atoms with Crippen molar-refractivity contribution >= 4 is 11.3 Å². The van der Waals surface area contributed by atoms with Crippen LogP contribution in [0.25, 0.3) is 0 Å². The van der Waals surface area contributed by atoms with Crippen molar-refractivity contribution < 1.29 is 0 Å². The molecule has 2 aliphatic rings. The highest BCUT2D eigenvalue weighted by Gasteiger charge is 2.34. The van der Waals surface area contributed by atoms with Gasteiger partial charge in [0, 0.05) is 28.9 Å². The quantitative estimate of drug-likeness (QED) is 0.845. The molecule has 0 radical (unpaired) electrons. The first-order valence-corrected chi connectivity index (χ1v) is 9.56. The van der Waals surface area contributed by atoms with Gasteiger partial charge in [-0.05, 0) is 62.7 Å². The Bertz CT molecular complexity index is 440. The van der Waals surface area contributed by atoms with Gasteiger partial charge in [-0.15, -0.1) is 11.3 Å². The van der Waals surface area contributed by atoms with E-state index in [0.29, 0.717) is 0 Å². The largest absolute Gasteiger partial charge is 0.312 e. The number of piperidine rings is 1. The summed E-state index contributed by atoms with van der Waals surface area (Å²) in [7, 11) is 0. The number of hydrogen-bond donors (Lipinski definition) is 1. The first-order chi connectivity index (χ1) is 10.2. The molecule has 1 saturated heterocycles. The summed E-state index contributed by atoms with van der Waals surface area (Å²) in [5.74, 6) is 1.74. The maximum atomic E-state index is 3.55. The lowest BCUT2D eigenvalue weighted by Crippen LogP contribution is -2.41. The minimum absolute atomic E-state index is 0.733. The molecule has 1 aromatic rings. The SMILES string of the molecule is CC(C)CNCc1ccc(CN2CCCC3CCCC32)s1. The lowest BCUT2D eigenvalue weighted by atomic mass is 9.92. The van der Waals surface area contributed by atoms with Gasteiger partial charge in [0.15, 0.2) is 0 Å². The predicted octanol–water partition coefficient (Wildman–Crippen LogP) is 4.26. The fourth-order valence-corrected chi connectivity index (χ4v) is 5.05. The minimum Gasteiger partial charge on any atom is -0.312 e. The highest BCUT2D eigenvalue weighted by molar-refractivity contribution is 7.11. The number of likely N-dealkylation sites (tertiary alicyclic amines) is 1. The first kappa shape index (κ1) is 15.5. The van der Waals surface area contributed by atoms with Crippen molar-refractivity contribution in [1.29, 1.82) is 0 Å². The van der Waals surface area contributed by atoms with E-state index in [1.165, 1.54) is 50.1 Å². The van der Waals surface area contributed by atoms with Gasteiger partial charge in [0.2, 0.25) is 0 Å². The first-order valence-electron chi connectivity index (χ1n) is 8.74. The Balaban J connectivity index is 1.52. The molecule has 2 unspecified atom stereocenters. The van der Waals surface area contributed by atoms with Crippen LogP contribution in [0.3, 0.4) is 0 Å². The molecule has 0 aromatic carbocycles. The molecule has 0 amide bonds. The van der Waals surface area contributed by atoms with E-state index in [0.717, 1.165) is 31.0 Å². The molecule has 0 bridgehead atoms. The normalized spacial score (nSPS) is 26.4. The summed E-state index contributed by atoms with van der Waals surface area (Å²) >= 11 is 2.01. The lowest BCUT2D eigenvalue weighted by Gasteiger charge is -2.37. The minimum atomic E-state index is 0.733. The number of rotatable bonds is 6. The van der Waals surface area contributed by atoms with Crippen LogP contribution in [-0.4, -0.2) is 24.0 Å². The van der Waals surface area contributed by atoms with Crippen LogP contribution >= 0.6 is 11.3 Å². The second kappa shape index (κ2) is 7.26. The van der Waals surface area contributed by atoms with Gasteiger partial charge in [0.05, 0.1) is 0 Å². The van der Waals surface area contributed by atoms with Crippen LogP contribution < -0.4 is 5.32 Å². The van der Waals surface area contributed by atoms with Crippen LogP contribution in [0.4, 0.5) is 0 Å². The van der Waals surface area contributed by atoms with Gasteiger partial charge in [-0.3, -0.25) is 4.90 Å². The molecule has 118 valence electrons. The molecule has 1 aliphatic heterocycles. The fourth-order valence-electron chi connectivity index (χ4n) is 4.04. The second-order valence-corrected chi connectivity index (χ2v) is 8.52. The third-order valence-corrected chi connectivity index (χ3v) is 6.11. The van der Waals surface area contributed by atoms with Gasteiger partial charge >= 0.3 is 0 Å². The average molecular weight is 307 g/mol. The van der Waals surface area contributed by atoms with Gasteiger partial charge in [0.1, 0.15) is 0 Å². The molecule has 2 atom stereocenters. The molecular weight excluding hydrogens is 276 g/mol. The van der Waals surface area contributed by atoms with Gasteiger partial charge in [0.25, 0.3) is 0 Å². The Hall–Kier alpha value is -0.380. The Kier molecular flexibility index (Phi) is 5.36. The molecule has 1 aromatic heterocycles. The zero-order chi connectivity index (χ0) is 14.7. The standard InChI is InChI=1S/C18H30N2S/c1-14(2)11-19-12-16-8-9-17(21-16)13-20-10-4-6-15-5-3-7-18(15)20/h8-9,14-15,18-19H,3-7,10-13H2,1-2H3. The van der Waals surface area contributed by atoms with Crippen LogP contribution in [0, 0.1) is 11.8 Å². The number of thiophene rings is 1. The second-order valence-electron chi connectivity index (χ2n) is 7.26. The molecular formula is C18H30N2S. The van der Waals surface area contributed by atoms with Crippen LogP contribution in [0.15, 0.2) is 12.1 Å². The summed E-state index contributed by atoms with van der Waals surface area (Å²) in [4.78, 5) is 5.83. The summed E-state index contributed by atoms with van der Waals surface area (Å²) in [6.45, 7) is 9.19. The van der Waals surface area contributed by atoms with E-state index >= 15 is 0 Å². The average Bonchev–Trinajstić information content (AvgIpc) is 3.08. The zero-order valence-electron chi connectivity index (χ0n) is 13.6. The summed E-state index contributed by atoms with van der Waals surface area (Å²) in [6, 6.07) is 5.57. The Morgan fingerprint density at radius 3 is 2.86 bits per heavy atom. The van der Waals surface area contributed by atoms with Crippen LogP contribution in [0.1, 0.15) is 55.7 Å². The maximum Gasteiger partial charge on any atom is 0.0331 e. The van der Waals surface area contributed by atoms with E-state index in [-0.39, 0.29) is 0 Å². The van der Waals surface area contributed by atoms with Crippen molar-refractivity contribution in [3.8, 4) is 0 Å². The van der Waals surface area contributed by atoms with Crippen molar-refractivity contribution in [1.82, 2.24) is 10.2 Å². The Morgan fingerprint density at radius 1 is 1.19 bits per heavy atom. The van der Waals surface area contributed by atoms with Gasteiger partial charge in [-0.1, -0.05) is 20.3 Å². The Labute approximate surface area is 133 Å².